The average Bonchev–Trinajstić information content (AvgIpc) is 3.31. The first-order valence-corrected chi connectivity index (χ1v) is 9.09. The molecule has 4 heterocycles. The lowest BCUT2D eigenvalue weighted by atomic mass is 9.78. The molecule has 5 nitrogen and oxygen atoms in total. The largest absolute Gasteiger partial charge is 0.337 e. The van der Waals surface area contributed by atoms with Crippen LogP contribution in [0, 0.1) is 11.3 Å². The summed E-state index contributed by atoms with van der Waals surface area (Å²) in [5.74, 6) is 0.320. The number of hydrogen-bond donors (Lipinski definition) is 0. The number of likely N-dealkylation sites (tertiary alicyclic amines) is 1. The Kier molecular flexibility index (Phi) is 3.64. The fraction of sp³-hybridized carbons (Fsp3) is 0.389. The first-order chi connectivity index (χ1) is 11.6. The van der Waals surface area contributed by atoms with Crippen LogP contribution in [0.4, 0.5) is 5.69 Å². The predicted molar refractivity (Wildman–Crippen MR) is 93.0 cm³/mol. The minimum Gasteiger partial charge on any atom is -0.337 e. The highest BCUT2D eigenvalue weighted by Gasteiger charge is 2.56. The quantitative estimate of drug-likeness (QED) is 0.844. The van der Waals surface area contributed by atoms with Crippen LogP contribution in [0.5, 0.6) is 0 Å². The van der Waals surface area contributed by atoms with Crippen molar-refractivity contribution in [1.82, 2.24) is 9.88 Å². The van der Waals surface area contributed by atoms with Crippen molar-refractivity contribution < 1.29 is 9.59 Å². The summed E-state index contributed by atoms with van der Waals surface area (Å²) in [5.41, 5.74) is 1.17. The number of nitrogens with zero attached hydrogens (tertiary/aromatic N) is 3. The standard InChI is InChI=1S/C18H19N3O2S/c1-13-10-20(16(22)14-2-6-19-7-3-14)12-18(13)5-8-21(17(18)23)15-4-9-24-11-15/h2-4,6-7,9,11,13H,5,8,10,12H2,1H3/t13-,18-/m1/s1. The number of amides is 2. The zero-order valence-corrected chi connectivity index (χ0v) is 14.3. The lowest BCUT2D eigenvalue weighted by Gasteiger charge is -2.26. The van der Waals surface area contributed by atoms with Crippen LogP contribution in [0.25, 0.3) is 0 Å². The van der Waals surface area contributed by atoms with Gasteiger partial charge in [0.25, 0.3) is 5.91 Å². The van der Waals surface area contributed by atoms with E-state index in [1.807, 2.05) is 26.6 Å². The molecule has 2 aromatic heterocycles. The number of aromatic nitrogens is 1. The Hall–Kier alpha value is -2.21. The number of thiophene rings is 1. The van der Waals surface area contributed by atoms with Gasteiger partial charge in [-0.25, -0.2) is 0 Å². The fourth-order valence-electron chi connectivity index (χ4n) is 3.95. The second-order valence-corrected chi connectivity index (χ2v) is 7.45. The van der Waals surface area contributed by atoms with Crippen LogP contribution in [0.2, 0.25) is 0 Å². The number of rotatable bonds is 2. The summed E-state index contributed by atoms with van der Waals surface area (Å²) in [4.78, 5) is 33.5. The second-order valence-electron chi connectivity index (χ2n) is 6.67. The minimum atomic E-state index is -0.440. The van der Waals surface area contributed by atoms with Crippen molar-refractivity contribution in [2.24, 2.45) is 11.3 Å². The van der Waals surface area contributed by atoms with E-state index in [2.05, 4.69) is 11.9 Å². The molecule has 0 unspecified atom stereocenters. The molecule has 2 amide bonds. The molecule has 0 radical (unpaired) electrons. The molecule has 0 aromatic carbocycles. The Morgan fingerprint density at radius 3 is 2.83 bits per heavy atom. The normalized spacial score (nSPS) is 26.5. The molecule has 0 bridgehead atoms. The molecule has 124 valence electrons. The van der Waals surface area contributed by atoms with Crippen molar-refractivity contribution in [2.75, 3.05) is 24.5 Å². The molecule has 24 heavy (non-hydrogen) atoms. The summed E-state index contributed by atoms with van der Waals surface area (Å²) in [6, 6.07) is 5.44. The third-order valence-corrected chi connectivity index (χ3v) is 6.07. The van der Waals surface area contributed by atoms with Crippen LogP contribution in [-0.4, -0.2) is 41.3 Å². The molecule has 2 aromatic rings. The van der Waals surface area contributed by atoms with E-state index >= 15 is 0 Å². The zero-order chi connectivity index (χ0) is 16.7. The van der Waals surface area contributed by atoms with E-state index in [-0.39, 0.29) is 17.7 Å². The highest BCUT2D eigenvalue weighted by atomic mass is 32.1. The molecular weight excluding hydrogens is 322 g/mol. The maximum atomic E-state index is 13.1. The van der Waals surface area contributed by atoms with Crippen molar-refractivity contribution in [3.05, 3.63) is 46.9 Å². The number of anilines is 1. The third-order valence-electron chi connectivity index (χ3n) is 5.40. The van der Waals surface area contributed by atoms with Gasteiger partial charge in [-0.2, -0.15) is 11.3 Å². The van der Waals surface area contributed by atoms with E-state index in [9.17, 15) is 9.59 Å². The summed E-state index contributed by atoms with van der Waals surface area (Å²) >= 11 is 1.60. The highest BCUT2D eigenvalue weighted by Crippen LogP contribution is 2.46. The van der Waals surface area contributed by atoms with E-state index in [1.54, 1.807) is 35.9 Å². The topological polar surface area (TPSA) is 53.5 Å². The van der Waals surface area contributed by atoms with Crippen molar-refractivity contribution in [3.8, 4) is 0 Å². The maximum absolute atomic E-state index is 13.1. The van der Waals surface area contributed by atoms with Crippen molar-refractivity contribution in [3.63, 3.8) is 0 Å². The number of pyridine rings is 1. The fourth-order valence-corrected chi connectivity index (χ4v) is 4.59. The smallest absolute Gasteiger partial charge is 0.254 e. The summed E-state index contributed by atoms with van der Waals surface area (Å²) in [5, 5.41) is 4.00. The third kappa shape index (κ3) is 2.24. The van der Waals surface area contributed by atoms with E-state index in [0.717, 1.165) is 18.7 Å². The SMILES string of the molecule is C[C@@H]1CN(C(=O)c2ccncc2)C[C@]12CCN(c1ccsc1)C2=O. The van der Waals surface area contributed by atoms with Crippen LogP contribution in [0.3, 0.4) is 0 Å². The van der Waals surface area contributed by atoms with Gasteiger partial charge in [-0.3, -0.25) is 14.6 Å². The molecule has 0 N–H and O–H groups in total. The monoisotopic (exact) mass is 341 g/mol. The van der Waals surface area contributed by atoms with Crippen LogP contribution in [0.15, 0.2) is 41.4 Å². The molecule has 0 aliphatic carbocycles. The van der Waals surface area contributed by atoms with E-state index in [4.69, 9.17) is 0 Å². The van der Waals surface area contributed by atoms with Crippen LogP contribution >= 0.6 is 11.3 Å². The average molecular weight is 341 g/mol. The molecule has 0 saturated carbocycles. The van der Waals surface area contributed by atoms with Crippen molar-refractivity contribution >= 4 is 28.8 Å². The van der Waals surface area contributed by atoms with Gasteiger partial charge in [-0.1, -0.05) is 6.92 Å². The van der Waals surface area contributed by atoms with Gasteiger partial charge in [0.15, 0.2) is 0 Å². The summed E-state index contributed by atoms with van der Waals surface area (Å²) in [6.45, 7) is 3.96. The van der Waals surface area contributed by atoms with Crippen LogP contribution < -0.4 is 4.90 Å². The highest BCUT2D eigenvalue weighted by molar-refractivity contribution is 7.08. The first kappa shape index (κ1) is 15.3. The Bertz CT molecular complexity index is 762. The molecule has 6 heteroatoms. The zero-order valence-electron chi connectivity index (χ0n) is 13.5. The van der Waals surface area contributed by atoms with Gasteiger partial charge in [-0.15, -0.1) is 0 Å². The Balaban J connectivity index is 1.57. The molecule has 2 saturated heterocycles. The molecule has 1 spiro atoms. The Morgan fingerprint density at radius 1 is 1.33 bits per heavy atom. The van der Waals surface area contributed by atoms with Crippen LogP contribution in [-0.2, 0) is 4.79 Å². The second kappa shape index (κ2) is 5.70. The predicted octanol–water partition coefficient (Wildman–Crippen LogP) is 2.66. The van der Waals surface area contributed by atoms with Crippen molar-refractivity contribution in [2.45, 2.75) is 13.3 Å². The summed E-state index contributed by atoms with van der Waals surface area (Å²) in [7, 11) is 0. The molecule has 4 rings (SSSR count). The molecule has 2 atom stereocenters. The molecular formula is C18H19N3O2S. The van der Waals surface area contributed by atoms with Gasteiger partial charge < -0.3 is 9.80 Å². The lowest BCUT2D eigenvalue weighted by molar-refractivity contribution is -0.126. The number of hydrogen-bond acceptors (Lipinski definition) is 4. The lowest BCUT2D eigenvalue weighted by Crippen LogP contribution is -2.40. The van der Waals surface area contributed by atoms with Gasteiger partial charge in [0.05, 0.1) is 11.1 Å². The van der Waals surface area contributed by atoms with Gasteiger partial charge in [0, 0.05) is 43.0 Å². The minimum absolute atomic E-state index is 0.0112. The summed E-state index contributed by atoms with van der Waals surface area (Å²) in [6.07, 6.45) is 4.06. The van der Waals surface area contributed by atoms with Crippen molar-refractivity contribution in [1.29, 1.82) is 0 Å². The van der Waals surface area contributed by atoms with Gasteiger partial charge >= 0.3 is 0 Å². The van der Waals surface area contributed by atoms with Gasteiger partial charge in [-0.05, 0) is 35.9 Å². The van der Waals surface area contributed by atoms with E-state index in [0.29, 0.717) is 18.7 Å². The number of carbonyl (C=O) groups is 2. The van der Waals surface area contributed by atoms with Gasteiger partial charge in [0.2, 0.25) is 5.91 Å². The molecule has 2 aliphatic heterocycles. The Labute approximate surface area is 144 Å². The number of carbonyl (C=O) groups excluding carboxylic acids is 2. The van der Waals surface area contributed by atoms with Crippen LogP contribution in [0.1, 0.15) is 23.7 Å². The van der Waals surface area contributed by atoms with E-state index in [1.165, 1.54) is 0 Å². The summed E-state index contributed by atoms with van der Waals surface area (Å²) < 4.78 is 0. The maximum Gasteiger partial charge on any atom is 0.254 e. The molecule has 2 aliphatic rings. The van der Waals surface area contributed by atoms with Gasteiger partial charge in [0.1, 0.15) is 0 Å². The Morgan fingerprint density at radius 2 is 2.12 bits per heavy atom. The molecule has 2 fully saturated rings. The van der Waals surface area contributed by atoms with E-state index < -0.39 is 5.41 Å². The first-order valence-electron chi connectivity index (χ1n) is 8.15.